The molecule has 1 aliphatic heterocycles. The predicted molar refractivity (Wildman–Crippen MR) is 101 cm³/mol. The van der Waals surface area contributed by atoms with Crippen molar-refractivity contribution in [2.45, 2.75) is 31.0 Å². The Balaban J connectivity index is 1.87. The molecule has 1 heterocycles. The van der Waals surface area contributed by atoms with Gasteiger partial charge >= 0.3 is 6.18 Å². The molecule has 28 heavy (non-hydrogen) atoms. The van der Waals surface area contributed by atoms with Gasteiger partial charge in [-0.1, -0.05) is 18.2 Å². The number of hydrogen-bond acceptors (Lipinski definition) is 3. The van der Waals surface area contributed by atoms with Gasteiger partial charge in [0.15, 0.2) is 11.5 Å². The summed E-state index contributed by atoms with van der Waals surface area (Å²) >= 11 is 0. The van der Waals surface area contributed by atoms with Crippen molar-refractivity contribution in [3.8, 4) is 11.5 Å². The van der Waals surface area contributed by atoms with Gasteiger partial charge in [0.25, 0.3) is 0 Å². The molecule has 2 aromatic carbocycles. The zero-order valence-electron chi connectivity index (χ0n) is 16.2. The summed E-state index contributed by atoms with van der Waals surface area (Å²) < 4.78 is 50.3. The third-order valence-electron chi connectivity index (χ3n) is 6.20. The molecule has 0 bridgehead atoms. The fourth-order valence-electron chi connectivity index (χ4n) is 5.07. The first kappa shape index (κ1) is 19.1. The van der Waals surface area contributed by atoms with Crippen molar-refractivity contribution in [1.82, 2.24) is 4.90 Å². The van der Waals surface area contributed by atoms with E-state index < -0.39 is 11.7 Å². The van der Waals surface area contributed by atoms with E-state index >= 15 is 0 Å². The Morgan fingerprint density at radius 1 is 1.00 bits per heavy atom. The van der Waals surface area contributed by atoms with E-state index in [1.54, 1.807) is 26.4 Å². The van der Waals surface area contributed by atoms with Crippen LogP contribution in [-0.4, -0.2) is 32.7 Å². The Hall–Kier alpha value is -2.21. The van der Waals surface area contributed by atoms with Gasteiger partial charge in [-0.15, -0.1) is 0 Å². The van der Waals surface area contributed by atoms with Crippen molar-refractivity contribution < 1.29 is 22.6 Å². The minimum absolute atomic E-state index is 0.0184. The zero-order valence-corrected chi connectivity index (χ0v) is 16.2. The molecule has 0 saturated carbocycles. The van der Waals surface area contributed by atoms with E-state index in [1.165, 1.54) is 17.7 Å². The lowest BCUT2D eigenvalue weighted by Gasteiger charge is -2.37. The summed E-state index contributed by atoms with van der Waals surface area (Å²) in [6.07, 6.45) is -2.23. The second-order valence-electron chi connectivity index (χ2n) is 7.63. The van der Waals surface area contributed by atoms with Crippen LogP contribution in [0.25, 0.3) is 0 Å². The molecule has 0 radical (unpaired) electrons. The molecule has 3 unspecified atom stereocenters. The van der Waals surface area contributed by atoms with Crippen LogP contribution in [0.3, 0.4) is 0 Å². The highest BCUT2D eigenvalue weighted by Crippen LogP contribution is 2.58. The molecule has 1 fully saturated rings. The second-order valence-corrected chi connectivity index (χ2v) is 7.63. The smallest absolute Gasteiger partial charge is 0.416 e. The highest BCUT2D eigenvalue weighted by molar-refractivity contribution is 5.59. The number of fused-ring (bicyclic) bond motifs is 3. The van der Waals surface area contributed by atoms with Gasteiger partial charge in [0.1, 0.15) is 0 Å². The lowest BCUT2D eigenvalue weighted by molar-refractivity contribution is -0.137. The van der Waals surface area contributed by atoms with E-state index in [2.05, 4.69) is 18.0 Å². The average Bonchev–Trinajstić information content (AvgIpc) is 3.02. The van der Waals surface area contributed by atoms with Crippen LogP contribution in [0.5, 0.6) is 11.5 Å². The first-order valence-corrected chi connectivity index (χ1v) is 9.49. The van der Waals surface area contributed by atoms with Crippen molar-refractivity contribution in [3.05, 3.63) is 58.7 Å². The van der Waals surface area contributed by atoms with Gasteiger partial charge < -0.3 is 9.47 Å². The standard InChI is InChI=1S/C22H24F3NO2/c1-26-12-4-5-15-18(13-6-8-14(9-7-13)22(23,24)25)19-16(20(15)26)10-11-17(27-2)21(19)28-3/h6-11,15,18,20H,4-5,12H2,1-3H3. The molecule has 4 rings (SSSR count). The van der Waals surface area contributed by atoms with Crippen molar-refractivity contribution in [1.29, 1.82) is 0 Å². The van der Waals surface area contributed by atoms with Crippen molar-refractivity contribution in [3.63, 3.8) is 0 Å². The minimum Gasteiger partial charge on any atom is -0.493 e. The van der Waals surface area contributed by atoms with Crippen LogP contribution < -0.4 is 9.47 Å². The molecule has 2 aliphatic rings. The number of hydrogen-bond donors (Lipinski definition) is 0. The number of halogens is 3. The van der Waals surface area contributed by atoms with E-state index in [-0.39, 0.29) is 12.0 Å². The van der Waals surface area contributed by atoms with Crippen molar-refractivity contribution in [2.75, 3.05) is 27.8 Å². The quantitative estimate of drug-likeness (QED) is 0.713. The van der Waals surface area contributed by atoms with Crippen LogP contribution in [0.2, 0.25) is 0 Å². The van der Waals surface area contributed by atoms with Gasteiger partial charge in [-0.3, -0.25) is 4.90 Å². The number of alkyl halides is 3. The zero-order chi connectivity index (χ0) is 20.1. The number of rotatable bonds is 3. The van der Waals surface area contributed by atoms with Gasteiger partial charge in [-0.25, -0.2) is 0 Å². The Labute approximate surface area is 163 Å². The van der Waals surface area contributed by atoms with Gasteiger partial charge in [0, 0.05) is 17.5 Å². The van der Waals surface area contributed by atoms with Crippen molar-refractivity contribution >= 4 is 0 Å². The number of piperidine rings is 1. The fraction of sp³-hybridized carbons (Fsp3) is 0.455. The Morgan fingerprint density at radius 3 is 2.32 bits per heavy atom. The summed E-state index contributed by atoms with van der Waals surface area (Å²) in [7, 11) is 5.34. The van der Waals surface area contributed by atoms with E-state index in [4.69, 9.17) is 9.47 Å². The maximum atomic E-state index is 13.0. The lowest BCUT2D eigenvalue weighted by Crippen LogP contribution is -2.34. The Kier molecular flexibility index (Phi) is 4.78. The summed E-state index contributed by atoms with van der Waals surface area (Å²) in [6, 6.07) is 9.84. The van der Waals surface area contributed by atoms with Crippen LogP contribution in [0.15, 0.2) is 36.4 Å². The summed E-state index contributed by atoms with van der Waals surface area (Å²) in [5, 5.41) is 0. The third kappa shape index (κ3) is 2.94. The van der Waals surface area contributed by atoms with E-state index in [0.717, 1.165) is 30.5 Å². The molecular formula is C22H24F3NO2. The molecule has 6 heteroatoms. The lowest BCUT2D eigenvalue weighted by atomic mass is 9.79. The normalized spacial score (nSPS) is 24.6. The van der Waals surface area contributed by atoms with Gasteiger partial charge in [0.2, 0.25) is 0 Å². The molecule has 0 amide bonds. The maximum absolute atomic E-state index is 13.0. The highest BCUT2D eigenvalue weighted by atomic mass is 19.4. The number of nitrogens with zero attached hydrogens (tertiary/aromatic N) is 1. The maximum Gasteiger partial charge on any atom is 0.416 e. The summed E-state index contributed by atoms with van der Waals surface area (Å²) in [6.45, 7) is 1.01. The van der Waals surface area contributed by atoms with E-state index in [9.17, 15) is 13.2 Å². The van der Waals surface area contributed by atoms with Crippen LogP contribution >= 0.6 is 0 Å². The number of methoxy groups -OCH3 is 2. The third-order valence-corrected chi connectivity index (χ3v) is 6.20. The first-order chi connectivity index (χ1) is 13.4. The largest absolute Gasteiger partial charge is 0.493 e. The molecule has 1 aliphatic carbocycles. The average molecular weight is 391 g/mol. The topological polar surface area (TPSA) is 21.7 Å². The summed E-state index contributed by atoms with van der Waals surface area (Å²) in [4.78, 5) is 2.35. The first-order valence-electron chi connectivity index (χ1n) is 9.49. The molecule has 150 valence electrons. The Morgan fingerprint density at radius 2 is 1.71 bits per heavy atom. The summed E-state index contributed by atoms with van der Waals surface area (Å²) in [5.41, 5.74) is 2.51. The van der Waals surface area contributed by atoms with Crippen molar-refractivity contribution in [2.24, 2.45) is 5.92 Å². The number of benzene rings is 2. The van der Waals surface area contributed by atoms with Crippen LogP contribution in [-0.2, 0) is 6.18 Å². The van der Waals surface area contributed by atoms with Crippen LogP contribution in [0, 0.1) is 5.92 Å². The summed E-state index contributed by atoms with van der Waals surface area (Å²) in [5.74, 6) is 1.62. The molecule has 0 N–H and O–H groups in total. The Bertz CT molecular complexity index is 863. The molecule has 2 aromatic rings. The van der Waals surface area contributed by atoms with Crippen LogP contribution in [0.1, 0.15) is 47.1 Å². The molecule has 1 saturated heterocycles. The predicted octanol–water partition coefficient (Wildman–Crippen LogP) is 5.25. The van der Waals surface area contributed by atoms with Gasteiger partial charge in [-0.2, -0.15) is 13.2 Å². The minimum atomic E-state index is -4.33. The van der Waals surface area contributed by atoms with Gasteiger partial charge in [-0.05, 0) is 61.7 Å². The van der Waals surface area contributed by atoms with E-state index in [0.29, 0.717) is 17.4 Å². The number of ether oxygens (including phenoxy) is 2. The second kappa shape index (κ2) is 6.99. The molecule has 0 aromatic heterocycles. The van der Waals surface area contributed by atoms with Crippen LogP contribution in [0.4, 0.5) is 13.2 Å². The fourth-order valence-corrected chi connectivity index (χ4v) is 5.07. The SMILES string of the molecule is COc1ccc2c(c1OC)C(c1ccc(C(F)(F)F)cc1)C1CCCN(C)C21. The number of likely N-dealkylation sites (tertiary alicyclic amines) is 1. The van der Waals surface area contributed by atoms with E-state index in [1.807, 2.05) is 6.07 Å². The monoisotopic (exact) mass is 391 g/mol. The molecule has 3 atom stereocenters. The van der Waals surface area contributed by atoms with Gasteiger partial charge in [0.05, 0.1) is 19.8 Å². The molecular weight excluding hydrogens is 367 g/mol. The molecule has 3 nitrogen and oxygen atoms in total. The molecule has 0 spiro atoms. The highest BCUT2D eigenvalue weighted by Gasteiger charge is 2.47.